The van der Waals surface area contributed by atoms with Crippen molar-refractivity contribution in [3.63, 3.8) is 0 Å². The van der Waals surface area contributed by atoms with Crippen molar-refractivity contribution in [1.82, 2.24) is 9.80 Å². The highest BCUT2D eigenvalue weighted by Crippen LogP contribution is 2.30. The van der Waals surface area contributed by atoms with Crippen molar-refractivity contribution in [3.8, 4) is 5.75 Å². The molecule has 4 heteroatoms. The molecule has 1 aromatic carbocycles. The van der Waals surface area contributed by atoms with Gasteiger partial charge in [-0.2, -0.15) is 0 Å². The van der Waals surface area contributed by atoms with Crippen molar-refractivity contribution in [2.45, 2.75) is 66.0 Å². The summed E-state index contributed by atoms with van der Waals surface area (Å²) in [5, 5.41) is 0. The highest BCUT2D eigenvalue weighted by atomic mass is 16.5. The van der Waals surface area contributed by atoms with Gasteiger partial charge in [0.1, 0.15) is 5.75 Å². The number of hydrogen-bond donors (Lipinski definition) is 0. The number of carbonyl (C=O) groups is 1. The number of aryl methyl sites for hydroxylation is 1. The number of hydrogen-bond acceptors (Lipinski definition) is 3. The van der Waals surface area contributed by atoms with Crippen LogP contribution in [0.1, 0.15) is 58.1 Å². The third-order valence-corrected chi connectivity index (χ3v) is 6.20. The maximum absolute atomic E-state index is 13.1. The van der Waals surface area contributed by atoms with Crippen LogP contribution in [0.2, 0.25) is 0 Å². The third kappa shape index (κ3) is 6.23. The van der Waals surface area contributed by atoms with Gasteiger partial charge in [-0.3, -0.25) is 4.79 Å². The summed E-state index contributed by atoms with van der Waals surface area (Å²) in [7, 11) is 5.96. The predicted octanol–water partition coefficient (Wildman–Crippen LogP) is 6.14. The second-order valence-electron chi connectivity index (χ2n) is 8.56. The molecule has 1 aliphatic heterocycles. The molecule has 174 valence electrons. The average Bonchev–Trinajstić information content (AvgIpc) is 2.80. The SMILES string of the molecule is CC.COc1ccc(/C(C)=C/C(=O)N2C=C(C3=CCC(N(C)C)CC3)C=CC2C)cc1C. The van der Waals surface area contributed by atoms with E-state index in [1.54, 1.807) is 13.2 Å². The molecule has 0 N–H and O–H groups in total. The Kier molecular flexibility index (Phi) is 9.52. The molecule has 0 fully saturated rings. The van der Waals surface area contributed by atoms with E-state index < -0.39 is 0 Å². The Labute approximate surface area is 194 Å². The van der Waals surface area contributed by atoms with Gasteiger partial charge in [-0.15, -0.1) is 0 Å². The topological polar surface area (TPSA) is 32.8 Å². The van der Waals surface area contributed by atoms with E-state index in [-0.39, 0.29) is 11.9 Å². The zero-order valence-electron chi connectivity index (χ0n) is 21.1. The van der Waals surface area contributed by atoms with Crippen LogP contribution in [0.5, 0.6) is 5.75 Å². The molecule has 1 aromatic rings. The van der Waals surface area contributed by atoms with Crippen LogP contribution in [0.4, 0.5) is 0 Å². The van der Waals surface area contributed by atoms with Gasteiger partial charge in [0.05, 0.1) is 13.2 Å². The number of rotatable bonds is 5. The number of carbonyl (C=O) groups excluding carboxylic acids is 1. The fraction of sp³-hybridized carbons (Fsp3) is 0.464. The van der Waals surface area contributed by atoms with Gasteiger partial charge >= 0.3 is 0 Å². The van der Waals surface area contributed by atoms with E-state index in [0.717, 1.165) is 47.3 Å². The Balaban J connectivity index is 0.00000176. The molecule has 0 saturated carbocycles. The third-order valence-electron chi connectivity index (χ3n) is 6.20. The number of amides is 1. The van der Waals surface area contributed by atoms with Gasteiger partial charge < -0.3 is 14.5 Å². The lowest BCUT2D eigenvalue weighted by molar-refractivity contribution is -0.124. The number of allylic oxidation sites excluding steroid dienone is 4. The zero-order chi connectivity index (χ0) is 23.8. The van der Waals surface area contributed by atoms with Gasteiger partial charge in [-0.05, 0) is 94.1 Å². The summed E-state index contributed by atoms with van der Waals surface area (Å²) < 4.78 is 5.34. The maximum Gasteiger partial charge on any atom is 0.251 e. The van der Waals surface area contributed by atoms with Crippen LogP contribution in [-0.2, 0) is 4.79 Å². The van der Waals surface area contributed by atoms with Gasteiger partial charge in [0.15, 0.2) is 0 Å². The van der Waals surface area contributed by atoms with Crippen molar-refractivity contribution in [2.24, 2.45) is 0 Å². The molecule has 0 radical (unpaired) electrons. The fourth-order valence-corrected chi connectivity index (χ4v) is 4.12. The number of nitrogens with zero attached hydrogens (tertiary/aromatic N) is 2. The Bertz CT molecular complexity index is 921. The lowest BCUT2D eigenvalue weighted by atomic mass is 9.89. The van der Waals surface area contributed by atoms with Crippen molar-refractivity contribution in [1.29, 1.82) is 0 Å². The number of ether oxygens (including phenoxy) is 1. The number of benzene rings is 1. The Morgan fingerprint density at radius 1 is 1.25 bits per heavy atom. The molecule has 2 aliphatic rings. The molecule has 0 bridgehead atoms. The summed E-state index contributed by atoms with van der Waals surface area (Å²) in [5.74, 6) is 0.871. The molecule has 3 rings (SSSR count). The van der Waals surface area contributed by atoms with Crippen LogP contribution in [0, 0.1) is 6.92 Å². The van der Waals surface area contributed by atoms with Crippen molar-refractivity contribution in [3.05, 3.63) is 71.0 Å². The van der Waals surface area contributed by atoms with Gasteiger partial charge in [0, 0.05) is 18.3 Å². The van der Waals surface area contributed by atoms with Crippen LogP contribution < -0.4 is 4.74 Å². The molecule has 2 atom stereocenters. The van der Waals surface area contributed by atoms with E-state index in [1.165, 1.54) is 5.57 Å². The normalized spacial score (nSPS) is 20.9. The summed E-state index contributed by atoms with van der Waals surface area (Å²) in [6.07, 6.45) is 13.7. The summed E-state index contributed by atoms with van der Waals surface area (Å²) in [6.45, 7) is 10.1. The van der Waals surface area contributed by atoms with E-state index in [9.17, 15) is 4.79 Å². The summed E-state index contributed by atoms with van der Waals surface area (Å²) in [4.78, 5) is 17.2. The van der Waals surface area contributed by atoms with Crippen LogP contribution in [0.15, 0.2) is 59.8 Å². The second-order valence-corrected chi connectivity index (χ2v) is 8.56. The average molecular weight is 437 g/mol. The molecule has 2 unspecified atom stereocenters. The minimum absolute atomic E-state index is 0.0119. The van der Waals surface area contributed by atoms with Gasteiger partial charge in [0.25, 0.3) is 5.91 Å². The quantitative estimate of drug-likeness (QED) is 0.519. The Morgan fingerprint density at radius 3 is 2.53 bits per heavy atom. The Hall–Kier alpha value is -2.59. The van der Waals surface area contributed by atoms with E-state index in [4.69, 9.17) is 4.74 Å². The summed E-state index contributed by atoms with van der Waals surface area (Å²) >= 11 is 0. The van der Waals surface area contributed by atoms with Crippen LogP contribution in [0.3, 0.4) is 0 Å². The first-order chi connectivity index (χ1) is 15.3. The van der Waals surface area contributed by atoms with E-state index in [1.807, 2.05) is 50.9 Å². The molecule has 1 amide bonds. The molecule has 32 heavy (non-hydrogen) atoms. The molecular formula is C28H40N2O2. The largest absolute Gasteiger partial charge is 0.496 e. The van der Waals surface area contributed by atoms with Crippen LogP contribution in [0.25, 0.3) is 5.57 Å². The molecule has 0 saturated heterocycles. The highest BCUT2D eigenvalue weighted by molar-refractivity contribution is 5.96. The maximum atomic E-state index is 13.1. The molecule has 1 aliphatic carbocycles. The zero-order valence-corrected chi connectivity index (χ0v) is 21.1. The second kappa shape index (κ2) is 11.9. The van der Waals surface area contributed by atoms with E-state index >= 15 is 0 Å². The molecule has 1 heterocycles. The standard InChI is InChI=1S/C26H34N2O2.C2H6/c1-18(22-11-14-25(30-6)19(2)15-22)16-26(29)28-17-23(8-7-20(28)3)21-9-12-24(13-10-21)27(4)5;1-2/h7-9,11,14-17,20,24H,10,12-13H2,1-6H3;1-2H3/b18-16+;. The molecule has 0 aromatic heterocycles. The van der Waals surface area contributed by atoms with Crippen molar-refractivity contribution < 1.29 is 9.53 Å². The predicted molar refractivity (Wildman–Crippen MR) is 136 cm³/mol. The molecule has 0 spiro atoms. The van der Waals surface area contributed by atoms with E-state index in [2.05, 4.69) is 50.2 Å². The van der Waals surface area contributed by atoms with Crippen molar-refractivity contribution >= 4 is 11.5 Å². The first-order valence-corrected chi connectivity index (χ1v) is 11.7. The van der Waals surface area contributed by atoms with Crippen molar-refractivity contribution in [2.75, 3.05) is 21.2 Å². The summed E-state index contributed by atoms with van der Waals surface area (Å²) in [5.41, 5.74) is 5.56. The van der Waals surface area contributed by atoms with Gasteiger partial charge in [-0.25, -0.2) is 0 Å². The monoisotopic (exact) mass is 436 g/mol. The lowest BCUT2D eigenvalue weighted by Gasteiger charge is -2.31. The number of methoxy groups -OCH3 is 1. The van der Waals surface area contributed by atoms with Gasteiger partial charge in [0.2, 0.25) is 0 Å². The first-order valence-electron chi connectivity index (χ1n) is 11.7. The Morgan fingerprint density at radius 2 is 1.97 bits per heavy atom. The fourth-order valence-electron chi connectivity index (χ4n) is 4.12. The molecule has 4 nitrogen and oxygen atoms in total. The smallest absolute Gasteiger partial charge is 0.251 e. The summed E-state index contributed by atoms with van der Waals surface area (Å²) in [6, 6.07) is 6.67. The van der Waals surface area contributed by atoms with E-state index in [0.29, 0.717) is 6.04 Å². The minimum Gasteiger partial charge on any atom is -0.496 e. The van der Waals surface area contributed by atoms with Crippen LogP contribution >= 0.6 is 0 Å². The van der Waals surface area contributed by atoms with Crippen LogP contribution in [-0.4, -0.2) is 49.0 Å². The highest BCUT2D eigenvalue weighted by Gasteiger charge is 2.22. The first kappa shape index (κ1) is 25.7. The lowest BCUT2D eigenvalue weighted by Crippen LogP contribution is -2.34. The minimum atomic E-state index is 0.0119. The van der Waals surface area contributed by atoms with Gasteiger partial charge in [-0.1, -0.05) is 38.1 Å². The molecular weight excluding hydrogens is 396 g/mol.